The summed E-state index contributed by atoms with van der Waals surface area (Å²) in [4.78, 5) is 39.0. The van der Waals surface area contributed by atoms with Crippen LogP contribution < -0.4 is 5.76 Å². The SMILES string of the molecule is CN(CCN(C)C1CCCCC1)C(=O)CCCn1c(=O)oc2cc([N+](=O)[O-])ccc21. The summed E-state index contributed by atoms with van der Waals surface area (Å²) in [6, 6.07) is 4.72. The molecule has 0 radical (unpaired) electrons. The summed E-state index contributed by atoms with van der Waals surface area (Å²) in [6.07, 6.45) is 7.21. The summed E-state index contributed by atoms with van der Waals surface area (Å²) in [7, 11) is 3.95. The van der Waals surface area contributed by atoms with Gasteiger partial charge in [-0.15, -0.1) is 0 Å². The van der Waals surface area contributed by atoms with Crippen LogP contribution in [0.1, 0.15) is 44.9 Å². The summed E-state index contributed by atoms with van der Waals surface area (Å²) in [6.45, 7) is 1.87. The molecule has 0 saturated heterocycles. The third kappa shape index (κ3) is 5.27. The highest BCUT2D eigenvalue weighted by molar-refractivity contribution is 5.76. The third-order valence-electron chi connectivity index (χ3n) is 6.05. The second-order valence-corrected chi connectivity index (χ2v) is 8.12. The molecule has 30 heavy (non-hydrogen) atoms. The molecule has 1 amide bonds. The Morgan fingerprint density at radius 1 is 1.23 bits per heavy atom. The van der Waals surface area contributed by atoms with E-state index in [1.165, 1.54) is 54.9 Å². The van der Waals surface area contributed by atoms with Gasteiger partial charge in [-0.3, -0.25) is 19.5 Å². The fourth-order valence-electron chi connectivity index (χ4n) is 4.10. The van der Waals surface area contributed by atoms with Crippen LogP contribution in [0, 0.1) is 10.1 Å². The van der Waals surface area contributed by atoms with Gasteiger partial charge in [0.05, 0.1) is 16.5 Å². The van der Waals surface area contributed by atoms with E-state index in [9.17, 15) is 19.7 Å². The van der Waals surface area contributed by atoms with Crippen molar-refractivity contribution in [1.82, 2.24) is 14.4 Å². The van der Waals surface area contributed by atoms with E-state index < -0.39 is 10.7 Å². The maximum Gasteiger partial charge on any atom is 0.419 e. The van der Waals surface area contributed by atoms with Crippen LogP contribution in [-0.4, -0.2) is 58.4 Å². The van der Waals surface area contributed by atoms with Crippen molar-refractivity contribution in [2.75, 3.05) is 27.2 Å². The van der Waals surface area contributed by atoms with Crippen molar-refractivity contribution in [3.05, 3.63) is 38.9 Å². The van der Waals surface area contributed by atoms with Crippen molar-refractivity contribution in [3.8, 4) is 0 Å². The summed E-state index contributed by atoms with van der Waals surface area (Å²) >= 11 is 0. The molecule has 1 fully saturated rings. The number of fused-ring (bicyclic) bond motifs is 1. The lowest BCUT2D eigenvalue weighted by atomic mass is 9.94. The van der Waals surface area contributed by atoms with Gasteiger partial charge in [-0.2, -0.15) is 0 Å². The van der Waals surface area contributed by atoms with Crippen LogP contribution in [0.5, 0.6) is 0 Å². The van der Waals surface area contributed by atoms with Gasteiger partial charge in [0.25, 0.3) is 5.69 Å². The smallest absolute Gasteiger partial charge is 0.407 e. The first kappa shape index (κ1) is 22.0. The van der Waals surface area contributed by atoms with Crippen LogP contribution in [0.3, 0.4) is 0 Å². The van der Waals surface area contributed by atoms with Gasteiger partial charge in [-0.05, 0) is 32.4 Å². The van der Waals surface area contributed by atoms with E-state index in [4.69, 9.17) is 4.42 Å². The minimum absolute atomic E-state index is 0.0449. The number of hydrogen-bond donors (Lipinski definition) is 0. The topological polar surface area (TPSA) is 102 Å². The molecule has 9 nitrogen and oxygen atoms in total. The number of nitro benzene ring substituents is 1. The predicted octanol–water partition coefficient (Wildman–Crippen LogP) is 3.01. The normalized spacial score (nSPS) is 15.0. The van der Waals surface area contributed by atoms with Crippen LogP contribution in [0.25, 0.3) is 11.1 Å². The molecular formula is C21H30N4O5. The molecule has 1 saturated carbocycles. The lowest BCUT2D eigenvalue weighted by molar-refractivity contribution is -0.384. The van der Waals surface area contributed by atoms with E-state index in [1.54, 1.807) is 4.90 Å². The number of non-ortho nitro benzene ring substituents is 1. The Kier molecular flexibility index (Phi) is 7.25. The standard InChI is InChI=1S/C21H30N4O5/c1-22(16-7-4-3-5-8-16)13-14-23(2)20(26)9-6-12-24-18-11-10-17(25(28)29)15-19(18)30-21(24)27/h10-11,15-16H,3-9,12-14H2,1-2H3. The molecular weight excluding hydrogens is 388 g/mol. The van der Waals surface area contributed by atoms with Crippen molar-refractivity contribution in [2.24, 2.45) is 0 Å². The zero-order chi connectivity index (χ0) is 21.7. The van der Waals surface area contributed by atoms with Gasteiger partial charge < -0.3 is 14.2 Å². The molecule has 1 aromatic carbocycles. The maximum atomic E-state index is 12.5. The van der Waals surface area contributed by atoms with Crippen LogP contribution in [0.15, 0.2) is 27.4 Å². The molecule has 164 valence electrons. The quantitative estimate of drug-likeness (QED) is 0.458. The molecule has 0 atom stereocenters. The Morgan fingerprint density at radius 2 is 1.97 bits per heavy atom. The fourth-order valence-corrected chi connectivity index (χ4v) is 4.10. The Bertz CT molecular complexity index is 945. The molecule has 0 bridgehead atoms. The van der Waals surface area contributed by atoms with Gasteiger partial charge in [0.2, 0.25) is 5.91 Å². The monoisotopic (exact) mass is 418 g/mol. The van der Waals surface area contributed by atoms with Gasteiger partial charge in [0, 0.05) is 45.2 Å². The Balaban J connectivity index is 1.48. The molecule has 1 heterocycles. The summed E-state index contributed by atoms with van der Waals surface area (Å²) < 4.78 is 6.54. The van der Waals surface area contributed by atoms with Crippen molar-refractivity contribution >= 4 is 22.7 Å². The van der Waals surface area contributed by atoms with Gasteiger partial charge in [0.15, 0.2) is 5.58 Å². The molecule has 0 unspecified atom stereocenters. The molecule has 0 N–H and O–H groups in total. The number of aryl methyl sites for hydroxylation is 1. The first-order valence-corrected chi connectivity index (χ1v) is 10.6. The minimum Gasteiger partial charge on any atom is -0.407 e. The summed E-state index contributed by atoms with van der Waals surface area (Å²) in [5, 5.41) is 10.9. The Labute approximate surface area is 175 Å². The molecule has 0 aliphatic heterocycles. The molecule has 9 heteroatoms. The number of amides is 1. The minimum atomic E-state index is -0.569. The lowest BCUT2D eigenvalue weighted by Crippen LogP contribution is -2.40. The average Bonchev–Trinajstić information content (AvgIpc) is 3.06. The van der Waals surface area contributed by atoms with Crippen LogP contribution in [0.2, 0.25) is 0 Å². The van der Waals surface area contributed by atoms with E-state index >= 15 is 0 Å². The number of benzene rings is 1. The predicted molar refractivity (Wildman–Crippen MR) is 114 cm³/mol. The number of aromatic nitrogens is 1. The molecule has 1 aromatic heterocycles. The summed E-state index contributed by atoms with van der Waals surface area (Å²) in [5.74, 6) is -0.524. The van der Waals surface area contributed by atoms with Gasteiger partial charge in [-0.1, -0.05) is 19.3 Å². The molecule has 2 aromatic rings. The maximum absolute atomic E-state index is 12.5. The first-order chi connectivity index (χ1) is 14.4. The van der Waals surface area contributed by atoms with Crippen molar-refractivity contribution in [2.45, 2.75) is 57.5 Å². The highest BCUT2D eigenvalue weighted by atomic mass is 16.6. The van der Waals surface area contributed by atoms with E-state index in [2.05, 4.69) is 11.9 Å². The van der Waals surface area contributed by atoms with E-state index in [-0.39, 0.29) is 17.2 Å². The number of likely N-dealkylation sites (N-methyl/N-ethyl adjacent to an activating group) is 2. The number of carbonyl (C=O) groups excluding carboxylic acids is 1. The summed E-state index contributed by atoms with van der Waals surface area (Å²) in [5.41, 5.74) is 0.558. The molecule has 0 spiro atoms. The van der Waals surface area contributed by atoms with E-state index in [0.29, 0.717) is 37.5 Å². The van der Waals surface area contributed by atoms with Crippen molar-refractivity contribution in [3.63, 3.8) is 0 Å². The van der Waals surface area contributed by atoms with Crippen LogP contribution in [-0.2, 0) is 11.3 Å². The van der Waals surface area contributed by atoms with Gasteiger partial charge in [-0.25, -0.2) is 4.79 Å². The number of oxazole rings is 1. The molecule has 1 aliphatic carbocycles. The second kappa shape index (κ2) is 9.88. The van der Waals surface area contributed by atoms with E-state index in [1.807, 2.05) is 7.05 Å². The Morgan fingerprint density at radius 3 is 2.67 bits per heavy atom. The number of hydrogen-bond acceptors (Lipinski definition) is 6. The number of carbonyl (C=O) groups is 1. The third-order valence-corrected chi connectivity index (χ3v) is 6.05. The van der Waals surface area contributed by atoms with Crippen molar-refractivity contribution < 1.29 is 14.1 Å². The average molecular weight is 418 g/mol. The van der Waals surface area contributed by atoms with Crippen LogP contribution in [0.4, 0.5) is 5.69 Å². The zero-order valence-electron chi connectivity index (χ0n) is 17.7. The van der Waals surface area contributed by atoms with Gasteiger partial charge in [0.1, 0.15) is 0 Å². The molecule has 3 rings (SSSR count). The first-order valence-electron chi connectivity index (χ1n) is 10.6. The number of rotatable bonds is 9. The van der Waals surface area contributed by atoms with Crippen molar-refractivity contribution in [1.29, 1.82) is 0 Å². The highest BCUT2D eigenvalue weighted by Gasteiger charge is 2.19. The molecule has 1 aliphatic rings. The highest BCUT2D eigenvalue weighted by Crippen LogP contribution is 2.22. The second-order valence-electron chi connectivity index (χ2n) is 8.12. The van der Waals surface area contributed by atoms with Crippen LogP contribution >= 0.6 is 0 Å². The fraction of sp³-hybridized carbons (Fsp3) is 0.619. The Hall–Kier alpha value is -2.68. The van der Waals surface area contributed by atoms with E-state index in [0.717, 1.165) is 6.54 Å². The number of nitrogens with zero attached hydrogens (tertiary/aromatic N) is 4. The largest absolute Gasteiger partial charge is 0.419 e. The van der Waals surface area contributed by atoms with Gasteiger partial charge >= 0.3 is 5.76 Å². The number of nitro groups is 1. The zero-order valence-corrected chi connectivity index (χ0v) is 17.7. The lowest BCUT2D eigenvalue weighted by Gasteiger charge is -2.32.